The summed E-state index contributed by atoms with van der Waals surface area (Å²) in [5.41, 5.74) is 1.25. The molecule has 0 aromatic heterocycles. The number of nitrogens with zero attached hydrogens (tertiary/aromatic N) is 1. The van der Waals surface area contributed by atoms with Crippen LogP contribution in [0.5, 0.6) is 0 Å². The predicted molar refractivity (Wildman–Crippen MR) is 82.6 cm³/mol. The number of halogens is 2. The highest BCUT2D eigenvalue weighted by Crippen LogP contribution is 2.32. The van der Waals surface area contributed by atoms with Crippen LogP contribution in [0, 0.1) is 5.92 Å². The van der Waals surface area contributed by atoms with Crippen molar-refractivity contribution in [3.63, 3.8) is 0 Å². The minimum absolute atomic E-state index is 0.650. The van der Waals surface area contributed by atoms with Crippen LogP contribution in [0.25, 0.3) is 0 Å². The van der Waals surface area contributed by atoms with Gasteiger partial charge in [-0.15, -0.1) is 0 Å². The van der Waals surface area contributed by atoms with Crippen molar-refractivity contribution in [1.82, 2.24) is 5.32 Å². The first kappa shape index (κ1) is 14.2. The molecular weight excluding hydrogens is 312 g/mol. The van der Waals surface area contributed by atoms with Gasteiger partial charge in [-0.2, -0.15) is 0 Å². The highest BCUT2D eigenvalue weighted by Gasteiger charge is 2.26. The standard InChI is InChI=1S/C14H20BrClN2/c1-3-17-13-6-7-18(9-10(13)2)14-5-4-11(16)8-12(14)15/h4-5,8,10,13,17H,3,6-7,9H2,1-2H3. The summed E-state index contributed by atoms with van der Waals surface area (Å²) >= 11 is 9.60. The maximum atomic E-state index is 5.99. The highest BCUT2D eigenvalue weighted by molar-refractivity contribution is 9.10. The Kier molecular flexibility index (Phi) is 4.93. The third-order valence-electron chi connectivity index (χ3n) is 3.62. The number of nitrogens with one attached hydrogen (secondary N) is 1. The smallest absolute Gasteiger partial charge is 0.0511 e. The molecule has 2 nitrogen and oxygen atoms in total. The molecular formula is C14H20BrClN2. The second kappa shape index (κ2) is 6.27. The Morgan fingerprint density at radius 3 is 2.89 bits per heavy atom. The van der Waals surface area contributed by atoms with Gasteiger partial charge in [0.15, 0.2) is 0 Å². The molecule has 2 rings (SSSR count). The molecule has 1 aliphatic rings. The monoisotopic (exact) mass is 330 g/mol. The molecule has 1 aliphatic heterocycles. The molecule has 2 unspecified atom stereocenters. The molecule has 1 saturated heterocycles. The lowest BCUT2D eigenvalue weighted by Gasteiger charge is -2.39. The van der Waals surface area contributed by atoms with Crippen molar-refractivity contribution in [2.75, 3.05) is 24.5 Å². The van der Waals surface area contributed by atoms with Crippen molar-refractivity contribution in [2.24, 2.45) is 5.92 Å². The Hall–Kier alpha value is -0.250. The molecule has 0 spiro atoms. The molecule has 4 heteroatoms. The Balaban J connectivity index is 2.07. The number of piperidine rings is 1. The van der Waals surface area contributed by atoms with Crippen molar-refractivity contribution in [3.05, 3.63) is 27.7 Å². The van der Waals surface area contributed by atoms with E-state index in [0.717, 1.165) is 29.1 Å². The van der Waals surface area contributed by atoms with E-state index in [9.17, 15) is 0 Å². The maximum Gasteiger partial charge on any atom is 0.0511 e. The number of benzene rings is 1. The van der Waals surface area contributed by atoms with E-state index in [1.807, 2.05) is 12.1 Å². The van der Waals surface area contributed by atoms with Crippen molar-refractivity contribution >= 4 is 33.2 Å². The molecule has 0 radical (unpaired) electrons. The van der Waals surface area contributed by atoms with Crippen LogP contribution in [0.3, 0.4) is 0 Å². The van der Waals surface area contributed by atoms with Gasteiger partial charge in [-0.05, 0) is 53.0 Å². The second-order valence-electron chi connectivity index (χ2n) is 4.97. The second-order valence-corrected chi connectivity index (χ2v) is 6.26. The minimum Gasteiger partial charge on any atom is -0.370 e. The summed E-state index contributed by atoms with van der Waals surface area (Å²) in [6.07, 6.45) is 1.20. The quantitative estimate of drug-likeness (QED) is 0.903. The average molecular weight is 332 g/mol. The van der Waals surface area contributed by atoms with Crippen LogP contribution >= 0.6 is 27.5 Å². The molecule has 1 fully saturated rings. The fourth-order valence-corrected chi connectivity index (χ4v) is 3.60. The molecule has 18 heavy (non-hydrogen) atoms. The van der Waals surface area contributed by atoms with Gasteiger partial charge >= 0.3 is 0 Å². The van der Waals surface area contributed by atoms with Gasteiger partial charge < -0.3 is 10.2 Å². The molecule has 2 atom stereocenters. The summed E-state index contributed by atoms with van der Waals surface area (Å²) in [5, 5.41) is 4.35. The first-order valence-electron chi connectivity index (χ1n) is 6.55. The van der Waals surface area contributed by atoms with Crippen LogP contribution < -0.4 is 10.2 Å². The van der Waals surface area contributed by atoms with E-state index in [0.29, 0.717) is 12.0 Å². The summed E-state index contributed by atoms with van der Waals surface area (Å²) in [7, 11) is 0. The number of hydrogen-bond acceptors (Lipinski definition) is 2. The van der Waals surface area contributed by atoms with Crippen molar-refractivity contribution in [2.45, 2.75) is 26.3 Å². The van der Waals surface area contributed by atoms with Gasteiger partial charge in [-0.1, -0.05) is 25.4 Å². The first-order valence-corrected chi connectivity index (χ1v) is 7.72. The van der Waals surface area contributed by atoms with Crippen molar-refractivity contribution in [1.29, 1.82) is 0 Å². The van der Waals surface area contributed by atoms with E-state index in [1.165, 1.54) is 12.1 Å². The Morgan fingerprint density at radius 1 is 1.50 bits per heavy atom. The summed E-state index contributed by atoms with van der Waals surface area (Å²) in [6, 6.07) is 6.69. The van der Waals surface area contributed by atoms with Crippen LogP contribution in [0.15, 0.2) is 22.7 Å². The topological polar surface area (TPSA) is 15.3 Å². The van der Waals surface area contributed by atoms with Crippen LogP contribution in [0.1, 0.15) is 20.3 Å². The van der Waals surface area contributed by atoms with Gasteiger partial charge in [0.1, 0.15) is 0 Å². The van der Waals surface area contributed by atoms with Crippen LogP contribution in [-0.2, 0) is 0 Å². The zero-order valence-corrected chi connectivity index (χ0v) is 13.3. The minimum atomic E-state index is 0.650. The van der Waals surface area contributed by atoms with Crippen molar-refractivity contribution < 1.29 is 0 Å². The van der Waals surface area contributed by atoms with Gasteiger partial charge in [0.2, 0.25) is 0 Å². The molecule has 0 bridgehead atoms. The fraction of sp³-hybridized carbons (Fsp3) is 0.571. The normalized spacial score (nSPS) is 24.3. The Bertz CT molecular complexity index is 411. The van der Waals surface area contributed by atoms with Crippen LogP contribution in [0.2, 0.25) is 5.02 Å². The largest absolute Gasteiger partial charge is 0.370 e. The Morgan fingerprint density at radius 2 is 2.28 bits per heavy atom. The first-order chi connectivity index (χ1) is 8.61. The number of hydrogen-bond donors (Lipinski definition) is 1. The zero-order chi connectivity index (χ0) is 13.1. The fourth-order valence-electron chi connectivity index (χ4n) is 2.67. The summed E-state index contributed by atoms with van der Waals surface area (Å²) < 4.78 is 1.09. The van der Waals surface area contributed by atoms with E-state index in [4.69, 9.17) is 11.6 Å². The van der Waals surface area contributed by atoms with Crippen LogP contribution in [0.4, 0.5) is 5.69 Å². The third kappa shape index (κ3) is 3.19. The molecule has 100 valence electrons. The van der Waals surface area contributed by atoms with Gasteiger partial charge in [0, 0.05) is 28.6 Å². The van der Waals surface area contributed by atoms with Crippen molar-refractivity contribution in [3.8, 4) is 0 Å². The van der Waals surface area contributed by atoms with E-state index >= 15 is 0 Å². The zero-order valence-electron chi connectivity index (χ0n) is 10.9. The van der Waals surface area contributed by atoms with Gasteiger partial charge in [0.25, 0.3) is 0 Å². The molecule has 1 heterocycles. The average Bonchev–Trinajstić information content (AvgIpc) is 2.32. The SMILES string of the molecule is CCNC1CCN(c2ccc(Cl)cc2Br)CC1C. The molecule has 1 aromatic carbocycles. The predicted octanol–water partition coefficient (Wildman–Crippen LogP) is 3.93. The third-order valence-corrected chi connectivity index (χ3v) is 4.49. The molecule has 1 N–H and O–H groups in total. The molecule has 0 aliphatic carbocycles. The lowest BCUT2D eigenvalue weighted by Crippen LogP contribution is -2.48. The van der Waals surface area contributed by atoms with E-state index in [2.05, 4.69) is 46.1 Å². The number of rotatable bonds is 3. The summed E-state index contributed by atoms with van der Waals surface area (Å²) in [6.45, 7) is 7.75. The lowest BCUT2D eigenvalue weighted by atomic mass is 9.93. The van der Waals surface area contributed by atoms with Crippen LogP contribution in [-0.4, -0.2) is 25.7 Å². The van der Waals surface area contributed by atoms with Gasteiger partial charge in [-0.25, -0.2) is 0 Å². The summed E-state index contributed by atoms with van der Waals surface area (Å²) in [5.74, 6) is 0.668. The highest BCUT2D eigenvalue weighted by atomic mass is 79.9. The molecule has 0 amide bonds. The molecule has 1 aromatic rings. The summed E-state index contributed by atoms with van der Waals surface area (Å²) in [4.78, 5) is 2.44. The Labute approximate surface area is 123 Å². The lowest BCUT2D eigenvalue weighted by molar-refractivity contribution is 0.326. The van der Waals surface area contributed by atoms with Gasteiger partial charge in [-0.3, -0.25) is 0 Å². The van der Waals surface area contributed by atoms with E-state index < -0.39 is 0 Å². The maximum absolute atomic E-state index is 5.99. The number of anilines is 1. The molecule has 0 saturated carbocycles. The van der Waals surface area contributed by atoms with E-state index in [-0.39, 0.29) is 0 Å². The van der Waals surface area contributed by atoms with Gasteiger partial charge in [0.05, 0.1) is 5.69 Å². The van der Waals surface area contributed by atoms with E-state index in [1.54, 1.807) is 0 Å².